The fourth-order valence-electron chi connectivity index (χ4n) is 2.65. The molecule has 1 N–H and O–H groups in total. The Morgan fingerprint density at radius 1 is 1.24 bits per heavy atom. The summed E-state index contributed by atoms with van der Waals surface area (Å²) in [4.78, 5) is 0. The molecule has 1 aromatic rings. The molecule has 1 aromatic carbocycles. The van der Waals surface area contributed by atoms with Crippen molar-refractivity contribution in [1.29, 1.82) is 0 Å². The summed E-state index contributed by atoms with van der Waals surface area (Å²) in [5.74, 6) is 0.228. The summed E-state index contributed by atoms with van der Waals surface area (Å²) >= 11 is 0. The van der Waals surface area contributed by atoms with Gasteiger partial charge in [0.05, 0.1) is 5.69 Å². The van der Waals surface area contributed by atoms with Gasteiger partial charge >= 0.3 is 10.2 Å². The second-order valence-electron chi connectivity index (χ2n) is 5.53. The maximum atomic E-state index is 12.8. The van der Waals surface area contributed by atoms with Gasteiger partial charge < -0.3 is 5.11 Å². The molecule has 21 heavy (non-hydrogen) atoms. The molecule has 6 heteroatoms. The molecular weight excluding hydrogens is 288 g/mol. The van der Waals surface area contributed by atoms with E-state index in [9.17, 15) is 8.42 Å². The van der Waals surface area contributed by atoms with Crippen LogP contribution in [0.15, 0.2) is 24.3 Å². The third-order valence-corrected chi connectivity index (χ3v) is 6.09. The van der Waals surface area contributed by atoms with Crippen LogP contribution in [0.4, 0.5) is 5.69 Å². The van der Waals surface area contributed by atoms with Crippen LogP contribution in [0.25, 0.3) is 0 Å². The van der Waals surface area contributed by atoms with E-state index in [1.54, 1.807) is 0 Å². The lowest BCUT2D eigenvalue weighted by Crippen LogP contribution is -2.47. The minimum atomic E-state index is -3.49. The van der Waals surface area contributed by atoms with Crippen molar-refractivity contribution in [2.75, 3.05) is 30.5 Å². The number of benzene rings is 1. The minimum Gasteiger partial charge on any atom is -0.396 e. The maximum absolute atomic E-state index is 12.8. The van der Waals surface area contributed by atoms with Gasteiger partial charge in [0.2, 0.25) is 0 Å². The van der Waals surface area contributed by atoms with Gasteiger partial charge in [-0.15, -0.1) is 0 Å². The summed E-state index contributed by atoms with van der Waals surface area (Å²) in [6.07, 6.45) is 1.45. The first kappa shape index (κ1) is 16.3. The van der Waals surface area contributed by atoms with E-state index >= 15 is 0 Å². The first-order chi connectivity index (χ1) is 9.98. The Bertz CT molecular complexity index is 549. The zero-order valence-electron chi connectivity index (χ0n) is 12.7. The van der Waals surface area contributed by atoms with Crippen molar-refractivity contribution < 1.29 is 13.5 Å². The van der Waals surface area contributed by atoms with Crippen molar-refractivity contribution in [3.05, 3.63) is 29.8 Å². The molecule has 1 saturated heterocycles. The maximum Gasteiger partial charge on any atom is 0.304 e. The van der Waals surface area contributed by atoms with E-state index in [0.29, 0.717) is 25.3 Å². The Morgan fingerprint density at radius 3 is 2.29 bits per heavy atom. The molecule has 0 bridgehead atoms. The quantitative estimate of drug-likeness (QED) is 0.901. The van der Waals surface area contributed by atoms with Crippen LogP contribution in [0.1, 0.15) is 25.3 Å². The van der Waals surface area contributed by atoms with Gasteiger partial charge in [0.1, 0.15) is 0 Å². The number of hydrogen-bond acceptors (Lipinski definition) is 3. The van der Waals surface area contributed by atoms with E-state index < -0.39 is 10.2 Å². The Kier molecular flexibility index (Phi) is 5.24. The van der Waals surface area contributed by atoms with Gasteiger partial charge in [-0.2, -0.15) is 12.7 Å². The van der Waals surface area contributed by atoms with Gasteiger partial charge in [-0.25, -0.2) is 0 Å². The number of aryl methyl sites for hydroxylation is 1. The zero-order chi connectivity index (χ0) is 15.5. The summed E-state index contributed by atoms with van der Waals surface area (Å²) < 4.78 is 28.6. The van der Waals surface area contributed by atoms with Crippen LogP contribution >= 0.6 is 0 Å². The second-order valence-corrected chi connectivity index (χ2v) is 7.39. The monoisotopic (exact) mass is 312 g/mol. The molecule has 0 unspecified atom stereocenters. The number of aliphatic hydroxyl groups excluding tert-OH is 1. The average molecular weight is 312 g/mol. The third kappa shape index (κ3) is 3.56. The van der Waals surface area contributed by atoms with Crippen LogP contribution in [0.3, 0.4) is 0 Å². The van der Waals surface area contributed by atoms with E-state index in [4.69, 9.17) is 5.11 Å². The van der Waals surface area contributed by atoms with Crippen molar-refractivity contribution >= 4 is 15.9 Å². The summed E-state index contributed by atoms with van der Waals surface area (Å²) in [7, 11) is -3.49. The minimum absolute atomic E-state index is 0.142. The Labute approximate surface area is 127 Å². The van der Waals surface area contributed by atoms with Gasteiger partial charge in [0.15, 0.2) is 0 Å². The van der Waals surface area contributed by atoms with Crippen molar-refractivity contribution in [3.63, 3.8) is 0 Å². The van der Waals surface area contributed by atoms with Crippen LogP contribution < -0.4 is 4.31 Å². The van der Waals surface area contributed by atoms with Crippen molar-refractivity contribution in [2.24, 2.45) is 5.92 Å². The molecule has 1 aliphatic heterocycles. The highest BCUT2D eigenvalue weighted by atomic mass is 32.2. The van der Waals surface area contributed by atoms with Crippen molar-refractivity contribution in [1.82, 2.24) is 4.31 Å². The van der Waals surface area contributed by atoms with Crippen molar-refractivity contribution in [3.8, 4) is 0 Å². The van der Waals surface area contributed by atoms with E-state index in [-0.39, 0.29) is 12.5 Å². The Balaban J connectivity index is 2.18. The predicted molar refractivity (Wildman–Crippen MR) is 84.5 cm³/mol. The van der Waals surface area contributed by atoms with Gasteiger partial charge in [0.25, 0.3) is 0 Å². The van der Waals surface area contributed by atoms with E-state index in [0.717, 1.165) is 18.4 Å². The number of hydrogen-bond donors (Lipinski definition) is 1. The standard InChI is InChI=1S/C15H24N2O3S/c1-3-17(15-6-4-13(2)5-7-15)21(19,20)16-10-8-14(12-18)9-11-16/h4-7,14,18H,3,8-12H2,1-2H3. The topological polar surface area (TPSA) is 60.9 Å². The molecule has 2 rings (SSSR count). The number of rotatable bonds is 5. The fourth-order valence-corrected chi connectivity index (χ4v) is 4.32. The smallest absolute Gasteiger partial charge is 0.304 e. The summed E-state index contributed by atoms with van der Waals surface area (Å²) in [5, 5.41) is 9.16. The lowest BCUT2D eigenvalue weighted by molar-refractivity contribution is 0.170. The first-order valence-electron chi connectivity index (χ1n) is 7.44. The van der Waals surface area contributed by atoms with E-state index in [2.05, 4.69) is 0 Å². The van der Waals surface area contributed by atoms with Gasteiger partial charge in [-0.3, -0.25) is 4.31 Å². The molecule has 0 saturated carbocycles. The van der Waals surface area contributed by atoms with Crippen LogP contribution in [0, 0.1) is 12.8 Å². The largest absolute Gasteiger partial charge is 0.396 e. The molecule has 0 aromatic heterocycles. The second kappa shape index (κ2) is 6.77. The van der Waals surface area contributed by atoms with E-state index in [1.807, 2.05) is 38.1 Å². The van der Waals surface area contributed by atoms with Crippen LogP contribution in [-0.4, -0.2) is 44.1 Å². The number of nitrogens with zero attached hydrogens (tertiary/aromatic N) is 2. The lowest BCUT2D eigenvalue weighted by atomic mass is 10.00. The van der Waals surface area contributed by atoms with Crippen LogP contribution in [-0.2, 0) is 10.2 Å². The molecule has 1 aliphatic rings. The summed E-state index contributed by atoms with van der Waals surface area (Å²) in [6.45, 7) is 5.34. The van der Waals surface area contributed by atoms with Crippen LogP contribution in [0.5, 0.6) is 0 Å². The molecule has 0 radical (unpaired) electrons. The predicted octanol–water partition coefficient (Wildman–Crippen LogP) is 1.77. The highest BCUT2D eigenvalue weighted by molar-refractivity contribution is 7.90. The number of aliphatic hydroxyl groups is 1. The molecule has 118 valence electrons. The highest BCUT2D eigenvalue weighted by Crippen LogP contribution is 2.25. The van der Waals surface area contributed by atoms with Crippen molar-refractivity contribution in [2.45, 2.75) is 26.7 Å². The van der Waals surface area contributed by atoms with Gasteiger partial charge in [0, 0.05) is 26.2 Å². The lowest BCUT2D eigenvalue weighted by Gasteiger charge is -2.35. The highest BCUT2D eigenvalue weighted by Gasteiger charge is 2.32. The normalized spacial score (nSPS) is 17.9. The molecule has 5 nitrogen and oxygen atoms in total. The molecule has 1 fully saturated rings. The average Bonchev–Trinajstić information content (AvgIpc) is 2.50. The molecular formula is C15H24N2O3S. The Morgan fingerprint density at radius 2 is 1.81 bits per heavy atom. The first-order valence-corrected chi connectivity index (χ1v) is 8.84. The molecule has 0 spiro atoms. The third-order valence-electron chi connectivity index (χ3n) is 4.05. The van der Waals surface area contributed by atoms with Gasteiger partial charge in [-0.05, 0) is 44.7 Å². The van der Waals surface area contributed by atoms with E-state index in [1.165, 1.54) is 8.61 Å². The Hall–Kier alpha value is -1.11. The molecule has 0 aliphatic carbocycles. The number of anilines is 1. The number of piperidine rings is 1. The summed E-state index contributed by atoms with van der Waals surface area (Å²) in [5.41, 5.74) is 1.81. The van der Waals surface area contributed by atoms with Crippen LogP contribution in [0.2, 0.25) is 0 Å². The molecule has 0 atom stereocenters. The SMILES string of the molecule is CCN(c1ccc(C)cc1)S(=O)(=O)N1CCC(CO)CC1. The molecule has 1 heterocycles. The fraction of sp³-hybridized carbons (Fsp3) is 0.600. The summed E-state index contributed by atoms with van der Waals surface area (Å²) in [6, 6.07) is 7.53. The van der Waals surface area contributed by atoms with Gasteiger partial charge in [-0.1, -0.05) is 17.7 Å². The molecule has 0 amide bonds. The zero-order valence-corrected chi connectivity index (χ0v) is 13.5.